The third-order valence-electron chi connectivity index (χ3n) is 0.814. The van der Waals surface area contributed by atoms with Gasteiger partial charge < -0.3 is 5.11 Å². The Balaban J connectivity index is 2.88. The number of phenolic OH excluding ortho intramolecular Hbond substituents is 1. The molecule has 8 heavy (non-hydrogen) atoms. The predicted octanol–water partition coefficient (Wildman–Crippen LogP) is 1.53. The van der Waals surface area contributed by atoms with Crippen LogP contribution in [0.3, 0.4) is 0 Å². The van der Waals surface area contributed by atoms with Crippen molar-refractivity contribution >= 4 is 0 Å². The predicted molar refractivity (Wildman–Crippen MR) is 28.1 cm³/mol. The summed E-state index contributed by atoms with van der Waals surface area (Å²) >= 11 is 0. The molecular weight excluding hydrogens is 107 g/mol. The second kappa shape index (κ2) is 1.82. The van der Waals surface area contributed by atoms with Gasteiger partial charge in [-0.2, -0.15) is 0 Å². The molecule has 0 aliphatic carbocycles. The van der Waals surface area contributed by atoms with Crippen molar-refractivity contribution < 1.29 is 9.50 Å². The largest absolute Gasteiger partial charge is 0.508 e. The lowest BCUT2D eigenvalue weighted by atomic mass is 10.3. The lowest BCUT2D eigenvalue weighted by Crippen LogP contribution is -1.67. The van der Waals surface area contributed by atoms with Gasteiger partial charge in [0, 0.05) is 0 Å². The van der Waals surface area contributed by atoms with Crippen molar-refractivity contribution in [3.05, 3.63) is 30.1 Å². The van der Waals surface area contributed by atoms with E-state index in [1.165, 1.54) is 24.3 Å². The van der Waals surface area contributed by atoms with Gasteiger partial charge in [0.25, 0.3) is 1.43 Å². The Hall–Kier alpha value is -1.05. The van der Waals surface area contributed by atoms with Crippen molar-refractivity contribution in [1.29, 1.82) is 1.43 Å². The summed E-state index contributed by atoms with van der Waals surface area (Å²) in [5, 5.41) is 4.05. The fraction of sp³-hybridized carbons (Fsp3) is 0. The van der Waals surface area contributed by atoms with E-state index in [4.69, 9.17) is 1.43 Å². The molecule has 0 aromatic heterocycles. The summed E-state index contributed by atoms with van der Waals surface area (Å²) in [5.41, 5.74) is 0. The first-order valence-corrected chi connectivity index (χ1v) is 2.21. The van der Waals surface area contributed by atoms with Crippen LogP contribution in [0.4, 0.5) is 4.39 Å². The first-order chi connectivity index (χ1) is 4.33. The molecule has 0 fully saturated rings. The molecule has 42 valence electrons. The van der Waals surface area contributed by atoms with E-state index in [0.717, 1.165) is 0 Å². The second-order valence-electron chi connectivity index (χ2n) is 1.45. The van der Waals surface area contributed by atoms with Crippen LogP contribution in [0.2, 0.25) is 0 Å². The maximum absolute atomic E-state index is 12.1. The van der Waals surface area contributed by atoms with E-state index in [0.29, 0.717) is 5.75 Å². The van der Waals surface area contributed by atoms with Crippen molar-refractivity contribution in [3.63, 3.8) is 0 Å². The Morgan fingerprint density at radius 3 is 2.50 bits per heavy atom. The van der Waals surface area contributed by atoms with Gasteiger partial charge >= 0.3 is 0 Å². The standard InChI is InChI=1S/C6H5FO/c7-5-1-3-6(8)4-2-5/h1-4,8H/i/hD. The Morgan fingerprint density at radius 1 is 1.38 bits per heavy atom. The fourth-order valence-corrected chi connectivity index (χ4v) is 0.435. The second-order valence-corrected chi connectivity index (χ2v) is 1.45. The van der Waals surface area contributed by atoms with Gasteiger partial charge in [-0.05, 0) is 24.3 Å². The highest BCUT2D eigenvalue weighted by Crippen LogP contribution is 2.06. The van der Waals surface area contributed by atoms with Gasteiger partial charge in [0.05, 0.1) is 0 Å². The molecule has 0 saturated carbocycles. The van der Waals surface area contributed by atoms with Crippen molar-refractivity contribution in [1.82, 2.24) is 0 Å². The average Bonchev–Trinajstić information content (AvgIpc) is 1.90. The molecule has 0 saturated heterocycles. The van der Waals surface area contributed by atoms with Gasteiger partial charge in [0.1, 0.15) is 11.6 Å². The molecule has 0 bridgehead atoms. The Kier molecular flexibility index (Phi) is 0.886. The van der Waals surface area contributed by atoms with Crippen LogP contribution in [0.15, 0.2) is 24.3 Å². The lowest BCUT2D eigenvalue weighted by molar-refractivity contribution is 0.473. The number of aromatic hydroxyl groups is 1. The summed E-state index contributed by atoms with van der Waals surface area (Å²) in [6.45, 7) is 0. The van der Waals surface area contributed by atoms with E-state index < -0.39 is 0 Å². The summed E-state index contributed by atoms with van der Waals surface area (Å²) in [5.74, 6) is 0.0206. The number of rotatable bonds is 1. The summed E-state index contributed by atoms with van der Waals surface area (Å²) < 4.78 is 18.5. The van der Waals surface area contributed by atoms with Gasteiger partial charge in [0.15, 0.2) is 0 Å². The van der Waals surface area contributed by atoms with Gasteiger partial charge in [-0.25, -0.2) is 4.39 Å². The normalized spacial score (nSPS) is 10.4. The van der Waals surface area contributed by atoms with E-state index >= 15 is 0 Å². The molecule has 1 rings (SSSR count). The quantitative estimate of drug-likeness (QED) is 0.585. The SMILES string of the molecule is [2H]Oc1ccc(F)cc1. The van der Waals surface area contributed by atoms with Gasteiger partial charge in [-0.1, -0.05) is 0 Å². The summed E-state index contributed by atoms with van der Waals surface area (Å²) in [6.07, 6.45) is 0. The van der Waals surface area contributed by atoms with E-state index in [1.54, 1.807) is 0 Å². The number of phenols is 1. The minimum atomic E-state index is -0.323. The monoisotopic (exact) mass is 113 g/mol. The first kappa shape index (κ1) is 3.89. The molecule has 0 amide bonds. The molecule has 1 aromatic rings. The topological polar surface area (TPSA) is 20.2 Å². The molecule has 0 heterocycles. The van der Waals surface area contributed by atoms with Crippen LogP contribution < -0.4 is 0 Å². The van der Waals surface area contributed by atoms with Gasteiger partial charge in [-0.3, -0.25) is 0 Å². The minimum Gasteiger partial charge on any atom is -0.508 e. The summed E-state index contributed by atoms with van der Waals surface area (Å²) in [4.78, 5) is 0. The van der Waals surface area contributed by atoms with Crippen LogP contribution in [-0.4, -0.2) is 6.54 Å². The maximum atomic E-state index is 12.1. The molecule has 1 N–H and O–H groups in total. The average molecular weight is 113 g/mol. The molecule has 1 nitrogen and oxygen atoms in total. The molecule has 1 aromatic carbocycles. The van der Waals surface area contributed by atoms with Crippen LogP contribution in [0.5, 0.6) is 5.75 Å². The molecule has 0 spiro atoms. The number of halogens is 1. The highest BCUT2D eigenvalue weighted by atomic mass is 19.1. The van der Waals surface area contributed by atoms with E-state index in [1.807, 2.05) is 0 Å². The zero-order chi connectivity index (χ0) is 6.69. The van der Waals surface area contributed by atoms with E-state index in [-0.39, 0.29) is 5.82 Å². The van der Waals surface area contributed by atoms with Gasteiger partial charge in [-0.15, -0.1) is 0 Å². The van der Waals surface area contributed by atoms with Crippen LogP contribution in [-0.2, 0) is 0 Å². The van der Waals surface area contributed by atoms with E-state index in [2.05, 4.69) is 5.11 Å². The zero-order valence-electron chi connectivity index (χ0n) is 5.10. The first-order valence-electron chi connectivity index (χ1n) is 2.62. The Bertz CT molecular complexity index is 185. The smallest absolute Gasteiger partial charge is 0.293 e. The third-order valence-corrected chi connectivity index (χ3v) is 0.814. The van der Waals surface area contributed by atoms with E-state index in [9.17, 15) is 4.39 Å². The molecule has 0 atom stereocenters. The van der Waals surface area contributed by atoms with Crippen molar-refractivity contribution in [3.8, 4) is 5.75 Å². The van der Waals surface area contributed by atoms with Gasteiger partial charge in [0.2, 0.25) is 0 Å². The minimum absolute atomic E-state index is 0.323. The molecule has 2 heteroatoms. The Morgan fingerprint density at radius 2 is 2.00 bits per heavy atom. The van der Waals surface area contributed by atoms with Crippen LogP contribution >= 0.6 is 0 Å². The lowest BCUT2D eigenvalue weighted by Gasteiger charge is -1.86. The number of benzene rings is 1. The zero-order valence-corrected chi connectivity index (χ0v) is 4.10. The van der Waals surface area contributed by atoms with Crippen LogP contribution in [0, 0.1) is 5.82 Å². The molecule has 0 unspecified atom stereocenters. The number of hydrogen-bond donors (Lipinski definition) is 1. The van der Waals surface area contributed by atoms with Crippen LogP contribution in [0.1, 0.15) is 0 Å². The van der Waals surface area contributed by atoms with Crippen molar-refractivity contribution in [2.75, 3.05) is 0 Å². The van der Waals surface area contributed by atoms with Crippen molar-refractivity contribution in [2.45, 2.75) is 0 Å². The highest BCUT2D eigenvalue weighted by molar-refractivity contribution is 5.19. The molecular formula is C6H5FO. The maximum Gasteiger partial charge on any atom is 0.293 e. The summed E-state index contributed by atoms with van der Waals surface area (Å²) in [7, 11) is 0. The molecule has 0 aliphatic heterocycles. The number of hydrogen-bond acceptors (Lipinski definition) is 1. The highest BCUT2D eigenvalue weighted by Gasteiger charge is 1.85. The molecule has 0 radical (unpaired) electrons. The van der Waals surface area contributed by atoms with Crippen LogP contribution in [0.25, 0.3) is 0 Å². The van der Waals surface area contributed by atoms with Crippen molar-refractivity contribution in [2.24, 2.45) is 0 Å². The summed E-state index contributed by atoms with van der Waals surface area (Å²) in [6, 6.07) is 5.26. The fourth-order valence-electron chi connectivity index (χ4n) is 0.435. The molecule has 0 aliphatic rings. The Labute approximate surface area is 47.9 Å². The third kappa shape index (κ3) is 0.964.